The zero-order valence-electron chi connectivity index (χ0n) is 15.8. The van der Waals surface area contributed by atoms with Gasteiger partial charge in [0.15, 0.2) is 0 Å². The van der Waals surface area contributed by atoms with Gasteiger partial charge in [-0.15, -0.1) is 0 Å². The van der Waals surface area contributed by atoms with Gasteiger partial charge in [0.1, 0.15) is 11.4 Å². The molecule has 2 aromatic heterocycles. The molecule has 0 fully saturated rings. The van der Waals surface area contributed by atoms with Gasteiger partial charge in [0.05, 0.1) is 19.3 Å². The lowest BCUT2D eigenvalue weighted by molar-refractivity contribution is -0.141. The Hall–Kier alpha value is -3.21. The van der Waals surface area contributed by atoms with Crippen LogP contribution in [0.4, 0.5) is 13.2 Å². The van der Waals surface area contributed by atoms with E-state index < -0.39 is 32.4 Å². The summed E-state index contributed by atoms with van der Waals surface area (Å²) in [6.45, 7) is 0.125. The molecule has 0 bridgehead atoms. The van der Waals surface area contributed by atoms with Crippen molar-refractivity contribution in [3.05, 3.63) is 70.3 Å². The van der Waals surface area contributed by atoms with Crippen molar-refractivity contribution in [2.75, 3.05) is 13.4 Å². The van der Waals surface area contributed by atoms with Crippen LogP contribution in [0.5, 0.6) is 5.75 Å². The Kier molecular flexibility index (Phi) is 5.66. The van der Waals surface area contributed by atoms with E-state index in [0.717, 1.165) is 11.8 Å². The van der Waals surface area contributed by atoms with Crippen molar-refractivity contribution in [1.29, 1.82) is 0 Å². The zero-order valence-corrected chi connectivity index (χ0v) is 16.7. The minimum Gasteiger partial charge on any atom is -0.497 e. The molecule has 11 heteroatoms. The molecule has 0 atom stereocenters. The highest BCUT2D eigenvalue weighted by atomic mass is 32.2. The van der Waals surface area contributed by atoms with Crippen molar-refractivity contribution in [3.8, 4) is 17.0 Å². The Morgan fingerprint density at radius 2 is 1.83 bits per heavy atom. The fourth-order valence-electron chi connectivity index (χ4n) is 2.66. The fraction of sp³-hybridized carbons (Fsp3) is 0.211. The Balaban J connectivity index is 2.10. The first-order valence-corrected chi connectivity index (χ1v) is 10.4. The molecule has 1 aromatic carbocycles. The van der Waals surface area contributed by atoms with Crippen molar-refractivity contribution in [3.63, 3.8) is 0 Å². The van der Waals surface area contributed by atoms with Crippen molar-refractivity contribution in [2.24, 2.45) is 0 Å². The summed E-state index contributed by atoms with van der Waals surface area (Å²) in [5.41, 5.74) is -1.19. The summed E-state index contributed by atoms with van der Waals surface area (Å²) in [7, 11) is -2.60. The number of halogens is 3. The summed E-state index contributed by atoms with van der Waals surface area (Å²) >= 11 is 0. The second-order valence-electron chi connectivity index (χ2n) is 6.43. The molecule has 2 heterocycles. The Labute approximate surface area is 169 Å². The normalized spacial score (nSPS) is 12.0. The maximum absolute atomic E-state index is 13.2. The van der Waals surface area contributed by atoms with E-state index in [1.165, 1.54) is 30.0 Å². The quantitative estimate of drug-likeness (QED) is 0.568. The van der Waals surface area contributed by atoms with E-state index in [1.54, 1.807) is 24.3 Å². The Morgan fingerprint density at radius 1 is 1.10 bits per heavy atom. The first-order chi connectivity index (χ1) is 14.0. The number of nitrogens with zero attached hydrogens (tertiary/aromatic N) is 3. The van der Waals surface area contributed by atoms with E-state index in [1.807, 2.05) is 0 Å². The van der Waals surface area contributed by atoms with Crippen molar-refractivity contribution < 1.29 is 26.3 Å². The second-order valence-corrected chi connectivity index (χ2v) is 8.34. The molecule has 0 unspecified atom stereocenters. The lowest BCUT2D eigenvalue weighted by Gasteiger charge is -2.12. The van der Waals surface area contributed by atoms with Crippen LogP contribution in [0.25, 0.3) is 11.3 Å². The van der Waals surface area contributed by atoms with E-state index in [2.05, 4.69) is 9.97 Å². The van der Waals surface area contributed by atoms with Gasteiger partial charge >= 0.3 is 6.18 Å². The Morgan fingerprint density at radius 3 is 2.47 bits per heavy atom. The number of methoxy groups -OCH3 is 1. The molecule has 7 nitrogen and oxygen atoms in total. The minimum absolute atomic E-state index is 0.125. The van der Waals surface area contributed by atoms with Crippen molar-refractivity contribution in [2.45, 2.75) is 17.9 Å². The molecule has 0 spiro atoms. The topological polar surface area (TPSA) is 91.2 Å². The van der Waals surface area contributed by atoms with Crippen molar-refractivity contribution in [1.82, 2.24) is 14.5 Å². The van der Waals surface area contributed by atoms with Gasteiger partial charge in [0, 0.05) is 24.1 Å². The fourth-order valence-corrected chi connectivity index (χ4v) is 3.19. The van der Waals surface area contributed by atoms with E-state index >= 15 is 0 Å². The summed E-state index contributed by atoms with van der Waals surface area (Å²) in [5, 5.41) is -0.946. The lowest BCUT2D eigenvalue weighted by atomic mass is 10.1. The minimum atomic E-state index is -4.87. The summed E-state index contributed by atoms with van der Waals surface area (Å²) < 4.78 is 69.5. The Bertz CT molecular complexity index is 1250. The van der Waals surface area contributed by atoms with Crippen LogP contribution in [0.2, 0.25) is 0 Å². The predicted molar refractivity (Wildman–Crippen MR) is 102 cm³/mol. The zero-order chi connectivity index (χ0) is 22.1. The van der Waals surface area contributed by atoms with Gasteiger partial charge in [-0.05, 0) is 29.8 Å². The highest BCUT2D eigenvalue weighted by Crippen LogP contribution is 2.30. The molecule has 0 aliphatic rings. The van der Waals surface area contributed by atoms with E-state index in [9.17, 15) is 26.4 Å². The third-order valence-electron chi connectivity index (χ3n) is 4.09. The van der Waals surface area contributed by atoms with Gasteiger partial charge in [-0.1, -0.05) is 12.1 Å². The summed E-state index contributed by atoms with van der Waals surface area (Å²) in [6.07, 6.45) is -2.83. The van der Waals surface area contributed by atoms with Gasteiger partial charge in [-0.2, -0.15) is 13.2 Å². The highest BCUT2D eigenvalue weighted by Gasteiger charge is 2.35. The molecule has 3 aromatic rings. The number of rotatable bonds is 5. The maximum atomic E-state index is 13.2. The largest absolute Gasteiger partial charge is 0.497 e. The third kappa shape index (κ3) is 4.85. The number of aromatic nitrogens is 3. The first kappa shape index (κ1) is 21.5. The number of pyridine rings is 1. The molecule has 3 rings (SSSR count). The maximum Gasteiger partial charge on any atom is 0.433 e. The van der Waals surface area contributed by atoms with Gasteiger partial charge in [-0.3, -0.25) is 4.79 Å². The molecule has 0 radical (unpaired) electrons. The standard InChI is InChI=1S/C19H16F3N3O4S/c1-29-14-5-3-4-12(8-14)10-25-11-13(6-7-17(25)26)15-9-16(19(20,21)22)24-18(23-15)30(2,27)28/h3-9,11H,10H2,1-2H3. The molecule has 0 saturated carbocycles. The number of ether oxygens (including phenoxy) is 1. The number of benzene rings is 1. The lowest BCUT2D eigenvalue weighted by Crippen LogP contribution is -2.19. The van der Waals surface area contributed by atoms with E-state index in [-0.39, 0.29) is 17.8 Å². The summed E-state index contributed by atoms with van der Waals surface area (Å²) in [4.78, 5) is 19.1. The summed E-state index contributed by atoms with van der Waals surface area (Å²) in [6, 6.07) is 10.0. The van der Waals surface area contributed by atoms with Crippen LogP contribution in [-0.2, 0) is 22.6 Å². The molecule has 0 aliphatic heterocycles. The molecule has 0 amide bonds. The SMILES string of the molecule is COc1cccc(Cn2cc(-c3cc(C(F)(F)F)nc(S(C)(=O)=O)n3)ccc2=O)c1. The number of hydrogen-bond acceptors (Lipinski definition) is 6. The van der Waals surface area contributed by atoms with Crippen molar-refractivity contribution >= 4 is 9.84 Å². The molecular formula is C19H16F3N3O4S. The van der Waals surface area contributed by atoms with Gasteiger partial charge in [-0.25, -0.2) is 18.4 Å². The average Bonchev–Trinajstić information content (AvgIpc) is 2.68. The first-order valence-electron chi connectivity index (χ1n) is 8.47. The third-order valence-corrected chi connectivity index (χ3v) is 4.94. The molecule has 0 aliphatic carbocycles. The smallest absolute Gasteiger partial charge is 0.433 e. The van der Waals surface area contributed by atoms with Gasteiger partial charge in [0.25, 0.3) is 5.56 Å². The van der Waals surface area contributed by atoms with Crippen LogP contribution in [0.1, 0.15) is 11.3 Å². The van der Waals surface area contributed by atoms with Crippen LogP contribution in [0.15, 0.2) is 58.6 Å². The van der Waals surface area contributed by atoms with Gasteiger partial charge < -0.3 is 9.30 Å². The van der Waals surface area contributed by atoms with E-state index in [0.29, 0.717) is 11.8 Å². The number of sulfone groups is 1. The second kappa shape index (κ2) is 7.90. The molecular weight excluding hydrogens is 423 g/mol. The molecule has 0 N–H and O–H groups in total. The molecule has 158 valence electrons. The van der Waals surface area contributed by atoms with Crippen LogP contribution in [-0.4, -0.2) is 36.3 Å². The molecule has 0 saturated heterocycles. The van der Waals surface area contributed by atoms with Crippen LogP contribution in [0, 0.1) is 0 Å². The average molecular weight is 439 g/mol. The highest BCUT2D eigenvalue weighted by molar-refractivity contribution is 7.90. The number of alkyl halides is 3. The van der Waals surface area contributed by atoms with Crippen LogP contribution < -0.4 is 10.3 Å². The summed E-state index contributed by atoms with van der Waals surface area (Å²) in [5.74, 6) is 0.583. The van der Waals surface area contributed by atoms with E-state index in [4.69, 9.17) is 4.74 Å². The number of hydrogen-bond donors (Lipinski definition) is 0. The monoisotopic (exact) mass is 439 g/mol. The predicted octanol–water partition coefficient (Wildman–Crippen LogP) is 2.78. The van der Waals surface area contributed by atoms with Crippen LogP contribution >= 0.6 is 0 Å². The molecule has 30 heavy (non-hydrogen) atoms. The van der Waals surface area contributed by atoms with Gasteiger partial charge in [0.2, 0.25) is 15.0 Å². The van der Waals surface area contributed by atoms with Crippen LogP contribution in [0.3, 0.4) is 0 Å².